The van der Waals surface area contributed by atoms with E-state index in [1.54, 1.807) is 6.92 Å². The molecule has 1 aromatic rings. The zero-order valence-electron chi connectivity index (χ0n) is 13.8. The van der Waals surface area contributed by atoms with Crippen molar-refractivity contribution in [1.82, 2.24) is 5.32 Å². The summed E-state index contributed by atoms with van der Waals surface area (Å²) in [5.41, 5.74) is 1.19. The second-order valence-electron chi connectivity index (χ2n) is 5.99. The van der Waals surface area contributed by atoms with Gasteiger partial charge in [0.05, 0.1) is 33.7 Å². The smallest absolute Gasteiger partial charge is 0.319 e. The molecule has 0 atom stereocenters. The van der Waals surface area contributed by atoms with Gasteiger partial charge in [0.2, 0.25) is 0 Å². The molecule has 1 aliphatic heterocycles. The second-order valence-corrected chi connectivity index (χ2v) is 5.99. The first kappa shape index (κ1) is 19.6. The van der Waals surface area contributed by atoms with Crippen molar-refractivity contribution in [2.24, 2.45) is 0 Å². The van der Waals surface area contributed by atoms with Crippen LogP contribution in [0.25, 0.3) is 0 Å². The third-order valence-corrected chi connectivity index (χ3v) is 4.57. The fraction of sp³-hybridized carbons (Fsp3) is 0.529. The van der Waals surface area contributed by atoms with Crippen molar-refractivity contribution in [2.75, 3.05) is 26.7 Å². The Labute approximate surface area is 144 Å². The molecule has 0 aliphatic carbocycles. The lowest BCUT2D eigenvalue weighted by Gasteiger charge is -2.41. The SMILES string of the molecule is COC(=O)CNC1CC[N+](Cc2ccccc2)(C(C)=O)CC1.Cl. The first-order valence-corrected chi connectivity index (χ1v) is 7.77. The van der Waals surface area contributed by atoms with Gasteiger partial charge in [-0.05, 0) is 0 Å². The number of carbonyl (C=O) groups excluding carboxylic acids is 2. The van der Waals surface area contributed by atoms with Crippen molar-refractivity contribution in [2.45, 2.75) is 32.4 Å². The van der Waals surface area contributed by atoms with Crippen molar-refractivity contribution in [1.29, 1.82) is 0 Å². The highest BCUT2D eigenvalue weighted by Gasteiger charge is 2.38. The number of carbonyl (C=O) groups is 2. The van der Waals surface area contributed by atoms with Gasteiger partial charge in [0, 0.05) is 24.4 Å². The maximum Gasteiger partial charge on any atom is 0.319 e. The number of hydrogen-bond donors (Lipinski definition) is 1. The first-order chi connectivity index (χ1) is 10.6. The number of piperidine rings is 1. The van der Waals surface area contributed by atoms with Crippen LogP contribution in [0.4, 0.5) is 0 Å². The maximum atomic E-state index is 12.2. The number of amides is 1. The van der Waals surface area contributed by atoms with Crippen LogP contribution in [0.1, 0.15) is 25.3 Å². The highest BCUT2D eigenvalue weighted by molar-refractivity contribution is 5.85. The summed E-state index contributed by atoms with van der Waals surface area (Å²) in [6, 6.07) is 10.4. The van der Waals surface area contributed by atoms with Gasteiger partial charge in [-0.25, -0.2) is 4.79 Å². The molecule has 1 N–H and O–H groups in total. The summed E-state index contributed by atoms with van der Waals surface area (Å²) in [5, 5.41) is 3.22. The average Bonchev–Trinajstić information content (AvgIpc) is 2.54. The van der Waals surface area contributed by atoms with Gasteiger partial charge in [-0.3, -0.25) is 9.28 Å². The number of methoxy groups -OCH3 is 1. The van der Waals surface area contributed by atoms with Gasteiger partial charge in [-0.15, -0.1) is 12.4 Å². The second kappa shape index (κ2) is 9.01. The number of nitrogens with zero attached hydrogens (tertiary/aromatic N) is 1. The minimum atomic E-state index is -0.248. The van der Waals surface area contributed by atoms with Crippen LogP contribution in [-0.2, 0) is 20.9 Å². The van der Waals surface area contributed by atoms with Crippen LogP contribution in [-0.4, -0.2) is 49.1 Å². The Balaban J connectivity index is 0.00000264. The van der Waals surface area contributed by atoms with Gasteiger partial charge in [0.15, 0.2) is 0 Å². The number of ether oxygens (including phenoxy) is 1. The number of likely N-dealkylation sites (tertiary alicyclic amines) is 1. The van der Waals surface area contributed by atoms with Crippen LogP contribution < -0.4 is 5.32 Å². The molecule has 1 amide bonds. The third-order valence-electron chi connectivity index (χ3n) is 4.57. The lowest BCUT2D eigenvalue weighted by molar-refractivity contribution is -0.872. The zero-order valence-corrected chi connectivity index (χ0v) is 14.6. The van der Waals surface area contributed by atoms with Crippen LogP contribution in [0.3, 0.4) is 0 Å². The summed E-state index contributed by atoms with van der Waals surface area (Å²) in [6.45, 7) is 4.29. The Morgan fingerprint density at radius 2 is 1.83 bits per heavy atom. The minimum Gasteiger partial charge on any atom is -0.468 e. The largest absolute Gasteiger partial charge is 0.468 e. The van der Waals surface area contributed by atoms with Crippen molar-refractivity contribution in [3.63, 3.8) is 0 Å². The molecule has 0 aromatic heterocycles. The molecule has 2 rings (SSSR count). The number of esters is 1. The van der Waals surface area contributed by atoms with E-state index in [1.807, 2.05) is 18.2 Å². The van der Waals surface area contributed by atoms with Crippen LogP contribution in [0.15, 0.2) is 30.3 Å². The summed E-state index contributed by atoms with van der Waals surface area (Å²) < 4.78 is 5.14. The Bertz CT molecular complexity index is 514. The number of hydrogen-bond acceptors (Lipinski definition) is 4. The molecule has 6 heteroatoms. The topological polar surface area (TPSA) is 55.4 Å². The van der Waals surface area contributed by atoms with Crippen LogP contribution in [0, 0.1) is 0 Å². The van der Waals surface area contributed by atoms with E-state index in [0.29, 0.717) is 4.48 Å². The standard InChI is InChI=1S/C17H25N2O3.ClH/c1-14(20)19(13-15-6-4-3-5-7-15)10-8-16(9-11-19)18-12-17(21)22-2;/h3-7,16,18H,8-13H2,1-2H3;1H/q+1;. The number of halogens is 1. The third kappa shape index (κ3) is 5.30. The van der Waals surface area contributed by atoms with E-state index >= 15 is 0 Å². The Kier molecular flexibility index (Phi) is 7.68. The molecule has 0 bridgehead atoms. The van der Waals surface area contributed by atoms with Gasteiger partial charge in [0.25, 0.3) is 0 Å². The van der Waals surface area contributed by atoms with E-state index in [1.165, 1.54) is 12.7 Å². The Morgan fingerprint density at radius 3 is 2.35 bits per heavy atom. The number of nitrogens with one attached hydrogen (secondary N) is 1. The van der Waals surface area contributed by atoms with Crippen molar-refractivity contribution in [3.05, 3.63) is 35.9 Å². The van der Waals surface area contributed by atoms with Gasteiger partial charge < -0.3 is 10.1 Å². The molecule has 23 heavy (non-hydrogen) atoms. The molecule has 1 fully saturated rings. The fourth-order valence-electron chi connectivity index (χ4n) is 3.08. The molecule has 0 spiro atoms. The van der Waals surface area contributed by atoms with E-state index in [-0.39, 0.29) is 36.9 Å². The quantitative estimate of drug-likeness (QED) is 0.656. The highest BCUT2D eigenvalue weighted by atomic mass is 35.5. The normalized spacial score (nSPS) is 23.7. The molecule has 1 heterocycles. The van der Waals surface area contributed by atoms with Gasteiger partial charge in [-0.2, -0.15) is 0 Å². The molecule has 0 saturated carbocycles. The summed E-state index contributed by atoms with van der Waals surface area (Å²) >= 11 is 0. The summed E-state index contributed by atoms with van der Waals surface area (Å²) in [7, 11) is 1.39. The molecule has 1 saturated heterocycles. The van der Waals surface area contributed by atoms with Crippen molar-refractivity contribution < 1.29 is 18.8 Å². The Morgan fingerprint density at radius 1 is 1.22 bits per heavy atom. The van der Waals surface area contributed by atoms with Crippen molar-refractivity contribution in [3.8, 4) is 0 Å². The van der Waals surface area contributed by atoms with E-state index in [4.69, 9.17) is 0 Å². The van der Waals surface area contributed by atoms with E-state index in [9.17, 15) is 9.59 Å². The molecular weight excluding hydrogens is 316 g/mol. The summed E-state index contributed by atoms with van der Waals surface area (Å²) in [5.74, 6) is -0.0301. The molecule has 0 radical (unpaired) electrons. The Hall–Kier alpha value is -1.43. The maximum absolute atomic E-state index is 12.2. The van der Waals surface area contributed by atoms with Crippen LogP contribution >= 0.6 is 12.4 Å². The molecular formula is C17H26ClN2O3+. The molecule has 128 valence electrons. The first-order valence-electron chi connectivity index (χ1n) is 7.77. The van der Waals surface area contributed by atoms with Crippen molar-refractivity contribution >= 4 is 24.3 Å². The van der Waals surface area contributed by atoms with E-state index in [0.717, 1.165) is 32.5 Å². The van der Waals surface area contributed by atoms with E-state index in [2.05, 4.69) is 22.2 Å². The van der Waals surface area contributed by atoms with Gasteiger partial charge in [-0.1, -0.05) is 30.3 Å². The molecule has 1 aromatic carbocycles. The summed E-state index contributed by atoms with van der Waals surface area (Å²) in [6.07, 6.45) is 1.78. The fourth-order valence-corrected chi connectivity index (χ4v) is 3.08. The monoisotopic (exact) mass is 341 g/mol. The number of rotatable bonds is 5. The molecule has 1 aliphatic rings. The average molecular weight is 342 g/mol. The minimum absolute atomic E-state index is 0. The molecule has 0 unspecified atom stereocenters. The summed E-state index contributed by atoms with van der Waals surface area (Å²) in [4.78, 5) is 23.4. The predicted molar refractivity (Wildman–Crippen MR) is 91.1 cm³/mol. The van der Waals surface area contributed by atoms with Gasteiger partial charge in [0.1, 0.15) is 6.54 Å². The highest BCUT2D eigenvalue weighted by Crippen LogP contribution is 2.23. The van der Waals surface area contributed by atoms with Crippen LogP contribution in [0.5, 0.6) is 0 Å². The lowest BCUT2D eigenvalue weighted by atomic mass is 10.0. The number of quaternary nitrogens is 1. The number of benzene rings is 1. The van der Waals surface area contributed by atoms with E-state index < -0.39 is 0 Å². The lowest BCUT2D eigenvalue weighted by Crippen LogP contribution is -2.58. The van der Waals surface area contributed by atoms with Gasteiger partial charge >= 0.3 is 11.9 Å². The predicted octanol–water partition coefficient (Wildman–Crippen LogP) is 1.90. The molecule has 5 nitrogen and oxygen atoms in total. The zero-order chi connectivity index (χ0) is 16.0. The van der Waals surface area contributed by atoms with Crippen LogP contribution in [0.2, 0.25) is 0 Å².